The lowest BCUT2D eigenvalue weighted by molar-refractivity contribution is -0.118. The van der Waals surface area contributed by atoms with Crippen molar-refractivity contribution in [2.75, 3.05) is 10.6 Å². The monoisotopic (exact) mass is 318 g/mol. The highest BCUT2D eigenvalue weighted by molar-refractivity contribution is 6.04. The summed E-state index contributed by atoms with van der Waals surface area (Å²) in [6.07, 6.45) is 0. The van der Waals surface area contributed by atoms with Crippen LogP contribution in [0, 0.1) is 17.6 Å². The molecule has 0 heterocycles. The smallest absolute Gasteiger partial charge is 0.258 e. The normalized spacial score (nSPS) is 10.5. The minimum Gasteiger partial charge on any atom is -0.326 e. The van der Waals surface area contributed by atoms with Crippen LogP contribution in [0.5, 0.6) is 0 Å². The quantitative estimate of drug-likeness (QED) is 0.900. The van der Waals surface area contributed by atoms with Gasteiger partial charge in [-0.2, -0.15) is 0 Å². The second-order valence-electron chi connectivity index (χ2n) is 5.30. The Bertz CT molecular complexity index is 728. The van der Waals surface area contributed by atoms with Crippen molar-refractivity contribution in [3.05, 3.63) is 59.7 Å². The summed E-state index contributed by atoms with van der Waals surface area (Å²) in [6.45, 7) is 3.56. The van der Waals surface area contributed by atoms with E-state index < -0.39 is 17.5 Å². The van der Waals surface area contributed by atoms with Crippen LogP contribution < -0.4 is 10.6 Å². The molecule has 23 heavy (non-hydrogen) atoms. The van der Waals surface area contributed by atoms with Crippen LogP contribution in [-0.4, -0.2) is 11.8 Å². The Hall–Kier alpha value is -2.76. The van der Waals surface area contributed by atoms with Crippen LogP contribution in [0.1, 0.15) is 24.2 Å². The van der Waals surface area contributed by atoms with Crippen molar-refractivity contribution in [1.29, 1.82) is 0 Å². The Morgan fingerprint density at radius 1 is 0.913 bits per heavy atom. The summed E-state index contributed by atoms with van der Waals surface area (Å²) in [5.74, 6) is -2.61. The number of hydrogen-bond acceptors (Lipinski definition) is 2. The Labute approximate surface area is 132 Å². The van der Waals surface area contributed by atoms with Crippen molar-refractivity contribution in [1.82, 2.24) is 0 Å². The van der Waals surface area contributed by atoms with Gasteiger partial charge in [0.15, 0.2) is 0 Å². The minimum absolute atomic E-state index is 0.116. The maximum absolute atomic E-state index is 13.5. The van der Waals surface area contributed by atoms with E-state index in [1.54, 1.807) is 38.1 Å². The minimum atomic E-state index is -0.927. The Morgan fingerprint density at radius 2 is 1.48 bits per heavy atom. The molecule has 0 aliphatic heterocycles. The fourth-order valence-electron chi connectivity index (χ4n) is 1.80. The van der Waals surface area contributed by atoms with Crippen molar-refractivity contribution in [2.24, 2.45) is 5.92 Å². The number of anilines is 2. The zero-order valence-electron chi connectivity index (χ0n) is 12.7. The number of halogens is 2. The first kappa shape index (κ1) is 16.6. The molecule has 2 N–H and O–H groups in total. The molecule has 0 aliphatic carbocycles. The predicted octanol–water partition coefficient (Wildman–Crippen LogP) is 3.81. The van der Waals surface area contributed by atoms with E-state index in [9.17, 15) is 18.4 Å². The van der Waals surface area contributed by atoms with Gasteiger partial charge in [0.05, 0.1) is 5.56 Å². The molecule has 0 atom stereocenters. The molecule has 0 aliphatic rings. The molecule has 0 saturated heterocycles. The van der Waals surface area contributed by atoms with E-state index in [0.717, 1.165) is 12.1 Å². The van der Waals surface area contributed by atoms with Gasteiger partial charge in [-0.3, -0.25) is 9.59 Å². The number of rotatable bonds is 4. The number of benzene rings is 2. The van der Waals surface area contributed by atoms with Crippen molar-refractivity contribution in [3.8, 4) is 0 Å². The van der Waals surface area contributed by atoms with E-state index in [-0.39, 0.29) is 17.4 Å². The van der Waals surface area contributed by atoms with Crippen LogP contribution in [-0.2, 0) is 4.79 Å². The average molecular weight is 318 g/mol. The molecule has 2 rings (SSSR count). The summed E-state index contributed by atoms with van der Waals surface area (Å²) in [7, 11) is 0. The van der Waals surface area contributed by atoms with Gasteiger partial charge >= 0.3 is 0 Å². The van der Waals surface area contributed by atoms with Gasteiger partial charge in [-0.15, -0.1) is 0 Å². The average Bonchev–Trinajstić information content (AvgIpc) is 2.48. The zero-order chi connectivity index (χ0) is 17.0. The third kappa shape index (κ3) is 4.35. The van der Waals surface area contributed by atoms with Crippen LogP contribution in [0.3, 0.4) is 0 Å². The van der Waals surface area contributed by atoms with Gasteiger partial charge < -0.3 is 10.6 Å². The molecule has 120 valence electrons. The molecule has 0 radical (unpaired) electrons. The summed E-state index contributed by atoms with van der Waals surface area (Å²) in [5.41, 5.74) is 0.777. The molecule has 2 aromatic carbocycles. The first-order valence-electron chi connectivity index (χ1n) is 7.04. The standard InChI is InChI=1S/C17H16F2N2O2/c1-10(2)16(22)20-12-4-6-13(7-5-12)21-17(23)14-8-3-11(18)9-15(14)19/h3-10H,1-2H3,(H,20,22)(H,21,23). The first-order valence-corrected chi connectivity index (χ1v) is 7.04. The van der Waals surface area contributed by atoms with Gasteiger partial charge in [0.25, 0.3) is 5.91 Å². The summed E-state index contributed by atoms with van der Waals surface area (Å²) in [5, 5.41) is 5.22. The van der Waals surface area contributed by atoms with Gasteiger partial charge in [-0.25, -0.2) is 8.78 Å². The van der Waals surface area contributed by atoms with E-state index in [1.807, 2.05) is 0 Å². The highest BCUT2D eigenvalue weighted by Gasteiger charge is 2.13. The van der Waals surface area contributed by atoms with Gasteiger partial charge in [-0.1, -0.05) is 13.8 Å². The fraction of sp³-hybridized carbons (Fsp3) is 0.176. The summed E-state index contributed by atoms with van der Waals surface area (Å²) in [6, 6.07) is 9.15. The van der Waals surface area contributed by atoms with E-state index in [2.05, 4.69) is 10.6 Å². The molecule has 0 unspecified atom stereocenters. The van der Waals surface area contributed by atoms with E-state index in [1.165, 1.54) is 0 Å². The SMILES string of the molecule is CC(C)C(=O)Nc1ccc(NC(=O)c2ccc(F)cc2F)cc1. The zero-order valence-corrected chi connectivity index (χ0v) is 12.7. The van der Waals surface area contributed by atoms with Crippen molar-refractivity contribution in [2.45, 2.75) is 13.8 Å². The number of hydrogen-bond donors (Lipinski definition) is 2. The molecule has 2 amide bonds. The van der Waals surface area contributed by atoms with E-state index >= 15 is 0 Å². The van der Waals surface area contributed by atoms with Crippen LogP contribution >= 0.6 is 0 Å². The lowest BCUT2D eigenvalue weighted by atomic mass is 10.2. The molecule has 4 nitrogen and oxygen atoms in total. The second-order valence-corrected chi connectivity index (χ2v) is 5.30. The molecule has 0 bridgehead atoms. The van der Waals surface area contributed by atoms with Crippen LogP contribution in [0.15, 0.2) is 42.5 Å². The number of carbonyl (C=O) groups is 2. The number of nitrogens with one attached hydrogen (secondary N) is 2. The van der Waals surface area contributed by atoms with Gasteiger partial charge in [0.2, 0.25) is 5.91 Å². The molecule has 0 aromatic heterocycles. The summed E-state index contributed by atoms with van der Waals surface area (Å²) < 4.78 is 26.4. The second kappa shape index (κ2) is 7.00. The highest BCUT2D eigenvalue weighted by atomic mass is 19.1. The number of amides is 2. The van der Waals surface area contributed by atoms with E-state index in [4.69, 9.17) is 0 Å². The maximum Gasteiger partial charge on any atom is 0.258 e. The molecule has 0 saturated carbocycles. The highest BCUT2D eigenvalue weighted by Crippen LogP contribution is 2.17. The van der Waals surface area contributed by atoms with Crippen LogP contribution in [0.2, 0.25) is 0 Å². The lowest BCUT2D eigenvalue weighted by Gasteiger charge is -2.09. The first-order chi connectivity index (χ1) is 10.9. The van der Waals surface area contributed by atoms with Crippen LogP contribution in [0.4, 0.5) is 20.2 Å². The number of carbonyl (C=O) groups excluding carboxylic acids is 2. The third-order valence-electron chi connectivity index (χ3n) is 3.11. The fourth-order valence-corrected chi connectivity index (χ4v) is 1.80. The molecular formula is C17H16F2N2O2. The maximum atomic E-state index is 13.5. The van der Waals surface area contributed by atoms with E-state index in [0.29, 0.717) is 17.4 Å². The predicted molar refractivity (Wildman–Crippen MR) is 84.2 cm³/mol. The Kier molecular flexibility index (Phi) is 5.05. The van der Waals surface area contributed by atoms with Crippen molar-refractivity contribution in [3.63, 3.8) is 0 Å². The van der Waals surface area contributed by atoms with Gasteiger partial charge in [0, 0.05) is 23.4 Å². The van der Waals surface area contributed by atoms with Crippen molar-refractivity contribution >= 4 is 23.2 Å². The molecular weight excluding hydrogens is 302 g/mol. The Morgan fingerprint density at radius 3 is 2.00 bits per heavy atom. The van der Waals surface area contributed by atoms with Gasteiger partial charge in [-0.05, 0) is 36.4 Å². The summed E-state index contributed by atoms with van der Waals surface area (Å²) in [4.78, 5) is 23.5. The summed E-state index contributed by atoms with van der Waals surface area (Å²) >= 11 is 0. The lowest BCUT2D eigenvalue weighted by Crippen LogP contribution is -2.17. The molecule has 0 fully saturated rings. The van der Waals surface area contributed by atoms with Gasteiger partial charge in [0.1, 0.15) is 11.6 Å². The molecule has 6 heteroatoms. The Balaban J connectivity index is 2.06. The molecule has 2 aromatic rings. The van der Waals surface area contributed by atoms with Crippen LogP contribution in [0.25, 0.3) is 0 Å². The molecule has 0 spiro atoms. The topological polar surface area (TPSA) is 58.2 Å². The third-order valence-corrected chi connectivity index (χ3v) is 3.11. The van der Waals surface area contributed by atoms with Crippen molar-refractivity contribution < 1.29 is 18.4 Å². The largest absolute Gasteiger partial charge is 0.326 e.